The van der Waals surface area contributed by atoms with Crippen LogP contribution in [0.15, 0.2) is 0 Å². The van der Waals surface area contributed by atoms with Gasteiger partial charge in [0.15, 0.2) is 0 Å². The van der Waals surface area contributed by atoms with Gasteiger partial charge in [0.05, 0.1) is 0 Å². The zero-order valence-electron chi connectivity index (χ0n) is 17.8. The predicted octanol–water partition coefficient (Wildman–Crippen LogP) is 2.30. The molecule has 0 bridgehead atoms. The molecular weight excluding hydrogens is 403 g/mol. The molecule has 0 aromatic carbocycles. The minimum atomic E-state index is -5.08. The second-order valence-corrected chi connectivity index (χ2v) is 8.74. The number of aliphatic carboxylic acids is 1. The summed E-state index contributed by atoms with van der Waals surface area (Å²) in [7, 11) is 1.70. The number of halogens is 3. The van der Waals surface area contributed by atoms with Crippen LogP contribution < -0.4 is 10.6 Å². The van der Waals surface area contributed by atoms with Gasteiger partial charge in [-0.3, -0.25) is 4.79 Å². The fourth-order valence-corrected chi connectivity index (χ4v) is 4.36. The fraction of sp³-hybridized carbons (Fsp3) is 0.900. The first kappa shape index (κ1) is 24.9. The van der Waals surface area contributed by atoms with Gasteiger partial charge >= 0.3 is 12.1 Å². The molecule has 1 atom stereocenters. The molecule has 1 saturated carbocycles. The predicted molar refractivity (Wildman–Crippen MR) is 105 cm³/mol. The van der Waals surface area contributed by atoms with Crippen molar-refractivity contribution in [3.63, 3.8) is 0 Å². The molecule has 3 rings (SSSR count). The van der Waals surface area contributed by atoms with Gasteiger partial charge in [-0.25, -0.2) is 4.79 Å². The maximum atomic E-state index is 12.8. The van der Waals surface area contributed by atoms with Crippen LogP contribution in [0.25, 0.3) is 0 Å². The van der Waals surface area contributed by atoms with E-state index in [4.69, 9.17) is 14.6 Å². The molecule has 1 unspecified atom stereocenters. The van der Waals surface area contributed by atoms with Crippen molar-refractivity contribution in [2.24, 2.45) is 0 Å². The van der Waals surface area contributed by atoms with Gasteiger partial charge in [0, 0.05) is 31.8 Å². The van der Waals surface area contributed by atoms with Crippen molar-refractivity contribution in [2.45, 2.75) is 81.6 Å². The molecule has 174 valence electrons. The Kier molecular flexibility index (Phi) is 8.52. The second-order valence-electron chi connectivity index (χ2n) is 8.74. The third-order valence-electron chi connectivity index (χ3n) is 6.59. The first-order valence-electron chi connectivity index (χ1n) is 10.6. The first-order valence-corrected chi connectivity index (χ1v) is 10.6. The van der Waals surface area contributed by atoms with Crippen molar-refractivity contribution < 1.29 is 32.6 Å². The van der Waals surface area contributed by atoms with E-state index in [0.29, 0.717) is 6.04 Å². The molecule has 7 nitrogen and oxygen atoms in total. The molecule has 0 aromatic rings. The van der Waals surface area contributed by atoms with Gasteiger partial charge in [-0.05, 0) is 71.4 Å². The lowest BCUT2D eigenvalue weighted by atomic mass is 9.77. The largest absolute Gasteiger partial charge is 0.490 e. The molecule has 3 aliphatic rings. The number of likely N-dealkylation sites (tertiary alicyclic amines) is 1. The Hall–Kier alpha value is -1.39. The molecule has 0 spiro atoms. The van der Waals surface area contributed by atoms with E-state index in [0.717, 1.165) is 51.9 Å². The lowest BCUT2D eigenvalue weighted by Gasteiger charge is -2.46. The number of rotatable bonds is 4. The van der Waals surface area contributed by atoms with E-state index in [1.165, 1.54) is 25.7 Å². The SMILES string of the molecule is COC1(C(=O)NC2(C)CCC2)CCN(C2CCCNCC2)CC1.O=C(O)C(F)(F)F. The third-order valence-corrected chi connectivity index (χ3v) is 6.59. The Morgan fingerprint density at radius 3 is 2.17 bits per heavy atom. The standard InChI is InChI=1S/C18H33N3O2.C2HF3O2/c1-17(7-4-8-17)20-16(22)18(23-2)9-13-21(14-10-18)15-5-3-11-19-12-6-15;3-2(4,5)1(6)7/h15,19H,3-14H2,1-2H3,(H,20,22);(H,6,7). The molecule has 0 aromatic heterocycles. The maximum absolute atomic E-state index is 12.8. The van der Waals surface area contributed by atoms with E-state index in [1.54, 1.807) is 7.11 Å². The summed E-state index contributed by atoms with van der Waals surface area (Å²) in [6.45, 7) is 6.37. The number of carbonyl (C=O) groups excluding carboxylic acids is 1. The summed E-state index contributed by atoms with van der Waals surface area (Å²) in [4.78, 5) is 24.3. The molecule has 3 fully saturated rings. The summed E-state index contributed by atoms with van der Waals surface area (Å²) in [6, 6.07) is 0.673. The van der Waals surface area contributed by atoms with Crippen LogP contribution in [0.2, 0.25) is 0 Å². The number of nitrogens with zero attached hydrogens (tertiary/aromatic N) is 1. The van der Waals surface area contributed by atoms with Gasteiger partial charge in [0.1, 0.15) is 5.60 Å². The van der Waals surface area contributed by atoms with Crippen LogP contribution in [0.5, 0.6) is 0 Å². The van der Waals surface area contributed by atoms with E-state index >= 15 is 0 Å². The number of nitrogens with one attached hydrogen (secondary N) is 2. The van der Waals surface area contributed by atoms with E-state index in [2.05, 4.69) is 22.5 Å². The first-order chi connectivity index (χ1) is 14.0. The highest BCUT2D eigenvalue weighted by atomic mass is 19.4. The summed E-state index contributed by atoms with van der Waals surface area (Å²) in [5.41, 5.74) is -0.606. The number of methoxy groups -OCH3 is 1. The highest BCUT2D eigenvalue weighted by Gasteiger charge is 2.46. The fourth-order valence-electron chi connectivity index (χ4n) is 4.36. The molecule has 3 N–H and O–H groups in total. The van der Waals surface area contributed by atoms with Crippen LogP contribution in [0.1, 0.15) is 58.3 Å². The summed E-state index contributed by atoms with van der Waals surface area (Å²) in [5, 5.41) is 13.9. The van der Waals surface area contributed by atoms with E-state index < -0.39 is 17.7 Å². The van der Waals surface area contributed by atoms with Crippen molar-refractivity contribution in [3.8, 4) is 0 Å². The number of carboxylic acid groups (broad SMARTS) is 1. The minimum absolute atomic E-state index is 0.00665. The Bertz CT molecular complexity index is 580. The van der Waals surface area contributed by atoms with Crippen LogP contribution in [0.3, 0.4) is 0 Å². The zero-order valence-corrected chi connectivity index (χ0v) is 17.8. The smallest absolute Gasteiger partial charge is 0.475 e. The van der Waals surface area contributed by atoms with Crippen LogP contribution in [0.4, 0.5) is 13.2 Å². The summed E-state index contributed by atoms with van der Waals surface area (Å²) >= 11 is 0. The highest BCUT2D eigenvalue weighted by Crippen LogP contribution is 2.34. The van der Waals surface area contributed by atoms with Gasteiger partial charge in [0.2, 0.25) is 0 Å². The molecular formula is C20H34F3N3O4. The number of alkyl halides is 3. The highest BCUT2D eigenvalue weighted by molar-refractivity contribution is 5.86. The summed E-state index contributed by atoms with van der Waals surface area (Å²) in [5.74, 6) is -2.64. The quantitative estimate of drug-likeness (QED) is 0.625. The monoisotopic (exact) mass is 437 g/mol. The van der Waals surface area contributed by atoms with E-state index in [-0.39, 0.29) is 11.4 Å². The maximum Gasteiger partial charge on any atom is 0.490 e. The molecule has 2 aliphatic heterocycles. The lowest BCUT2D eigenvalue weighted by Crippen LogP contribution is -2.62. The second kappa shape index (κ2) is 10.3. The average molecular weight is 438 g/mol. The molecule has 0 radical (unpaired) electrons. The van der Waals surface area contributed by atoms with Crippen molar-refractivity contribution in [1.29, 1.82) is 0 Å². The van der Waals surface area contributed by atoms with Crippen LogP contribution in [-0.4, -0.2) is 78.5 Å². The number of ether oxygens (including phenoxy) is 1. The molecule has 30 heavy (non-hydrogen) atoms. The van der Waals surface area contributed by atoms with Gasteiger partial charge in [-0.2, -0.15) is 13.2 Å². The van der Waals surface area contributed by atoms with Crippen LogP contribution >= 0.6 is 0 Å². The molecule has 10 heteroatoms. The Labute approximate surface area is 175 Å². The molecule has 1 amide bonds. The molecule has 2 heterocycles. The number of hydrogen-bond donors (Lipinski definition) is 3. The number of carboxylic acids is 1. The summed E-state index contributed by atoms with van der Waals surface area (Å²) in [6.07, 6.45) is 3.72. The lowest BCUT2D eigenvalue weighted by molar-refractivity contribution is -0.192. The molecule has 2 saturated heterocycles. The van der Waals surface area contributed by atoms with Gasteiger partial charge < -0.3 is 25.4 Å². The van der Waals surface area contributed by atoms with E-state index in [9.17, 15) is 18.0 Å². The topological polar surface area (TPSA) is 90.9 Å². The van der Waals surface area contributed by atoms with Crippen LogP contribution in [-0.2, 0) is 14.3 Å². The number of piperidine rings is 1. The number of carbonyl (C=O) groups is 2. The third kappa shape index (κ3) is 6.55. The van der Waals surface area contributed by atoms with Crippen molar-refractivity contribution >= 4 is 11.9 Å². The van der Waals surface area contributed by atoms with Gasteiger partial charge in [0.25, 0.3) is 5.91 Å². The van der Waals surface area contributed by atoms with Gasteiger partial charge in [-0.1, -0.05) is 0 Å². The Morgan fingerprint density at radius 2 is 1.70 bits per heavy atom. The normalized spacial score (nSPS) is 26.4. The Balaban J connectivity index is 0.000000396. The minimum Gasteiger partial charge on any atom is -0.475 e. The van der Waals surface area contributed by atoms with E-state index in [1.807, 2.05) is 0 Å². The number of amides is 1. The van der Waals surface area contributed by atoms with Crippen molar-refractivity contribution in [2.75, 3.05) is 33.3 Å². The average Bonchev–Trinajstić information content (AvgIpc) is 2.96. The number of hydrogen-bond acceptors (Lipinski definition) is 5. The Morgan fingerprint density at radius 1 is 1.10 bits per heavy atom. The summed E-state index contributed by atoms with van der Waals surface area (Å²) < 4.78 is 37.5. The van der Waals surface area contributed by atoms with Gasteiger partial charge in [-0.15, -0.1) is 0 Å². The van der Waals surface area contributed by atoms with Crippen molar-refractivity contribution in [3.05, 3.63) is 0 Å². The van der Waals surface area contributed by atoms with Crippen LogP contribution in [0, 0.1) is 0 Å². The zero-order chi connectivity index (χ0) is 22.4. The molecule has 1 aliphatic carbocycles. The van der Waals surface area contributed by atoms with Crippen molar-refractivity contribution in [1.82, 2.24) is 15.5 Å².